The molecule has 0 aliphatic rings. The summed E-state index contributed by atoms with van der Waals surface area (Å²) in [6.45, 7) is 4.59. The van der Waals surface area contributed by atoms with Crippen molar-refractivity contribution in [1.82, 2.24) is 0 Å². The molecule has 0 radical (unpaired) electrons. The number of hydrogen-bond acceptors (Lipinski definition) is 0. The Kier molecular flexibility index (Phi) is 13.5. The van der Waals surface area contributed by atoms with Crippen molar-refractivity contribution in [2.75, 3.05) is 0 Å². The zero-order valence-corrected chi connectivity index (χ0v) is 23.2. The van der Waals surface area contributed by atoms with Crippen LogP contribution < -0.4 is 0 Å². The van der Waals surface area contributed by atoms with Gasteiger partial charge in [0.2, 0.25) is 0 Å². The van der Waals surface area contributed by atoms with E-state index in [1.807, 2.05) is 0 Å². The normalized spacial score (nSPS) is 11.2. The fraction of sp³-hybridized carbons (Fsp3) is 0.500. The lowest BCUT2D eigenvalue weighted by Gasteiger charge is -2.17. The van der Waals surface area contributed by atoms with Crippen molar-refractivity contribution in [3.8, 4) is 22.3 Å². The largest absolute Gasteiger partial charge is 0.0654 e. The Balaban J connectivity index is 1.69. The van der Waals surface area contributed by atoms with Gasteiger partial charge in [-0.3, -0.25) is 0 Å². The lowest BCUT2D eigenvalue weighted by molar-refractivity contribution is 0.589. The van der Waals surface area contributed by atoms with Gasteiger partial charge in [-0.15, -0.1) is 0 Å². The predicted octanol–water partition coefficient (Wildman–Crippen LogP) is 11.6. The zero-order valence-electron chi connectivity index (χ0n) is 23.2. The molecule has 0 nitrogen and oxygen atoms in total. The van der Waals surface area contributed by atoms with E-state index >= 15 is 0 Å². The minimum Gasteiger partial charge on any atom is -0.0654 e. The smallest absolute Gasteiger partial charge is 0.0103 e. The molecule has 0 heterocycles. The molecule has 0 aliphatic heterocycles. The molecule has 0 saturated carbocycles. The number of unbranched alkanes of at least 4 members (excludes halogenated alkanes) is 12. The molecule has 0 amide bonds. The third-order valence-corrected chi connectivity index (χ3v) is 7.64. The van der Waals surface area contributed by atoms with Gasteiger partial charge in [0.1, 0.15) is 0 Å². The summed E-state index contributed by atoms with van der Waals surface area (Å²) in [7, 11) is 0. The highest BCUT2D eigenvalue weighted by Crippen LogP contribution is 2.36. The van der Waals surface area contributed by atoms with Gasteiger partial charge in [-0.25, -0.2) is 0 Å². The summed E-state index contributed by atoms with van der Waals surface area (Å²) in [6, 6.07) is 27.4. The van der Waals surface area contributed by atoms with Crippen LogP contribution in [0.15, 0.2) is 72.8 Å². The van der Waals surface area contributed by atoms with Gasteiger partial charge in [0.05, 0.1) is 0 Å². The van der Waals surface area contributed by atoms with Crippen LogP contribution in [0.4, 0.5) is 0 Å². The van der Waals surface area contributed by atoms with E-state index in [4.69, 9.17) is 0 Å². The minimum absolute atomic E-state index is 1.18. The maximum Gasteiger partial charge on any atom is -0.0103 e. The van der Waals surface area contributed by atoms with Crippen molar-refractivity contribution >= 4 is 0 Å². The van der Waals surface area contributed by atoms with E-state index in [-0.39, 0.29) is 0 Å². The van der Waals surface area contributed by atoms with Gasteiger partial charge >= 0.3 is 0 Å². The Morgan fingerprint density at radius 3 is 1.03 bits per heavy atom. The molecular weight excluding hydrogens is 432 g/mol. The highest BCUT2D eigenvalue weighted by Gasteiger charge is 2.13. The third kappa shape index (κ3) is 9.27. The fourth-order valence-electron chi connectivity index (χ4n) is 5.50. The van der Waals surface area contributed by atoms with Crippen LogP contribution in [-0.2, 0) is 12.8 Å². The molecule has 194 valence electrons. The van der Waals surface area contributed by atoms with Crippen LogP contribution in [0.3, 0.4) is 0 Å². The molecule has 0 spiro atoms. The second kappa shape index (κ2) is 17.2. The lowest BCUT2D eigenvalue weighted by atomic mass is 9.87. The maximum absolute atomic E-state index is 2.35. The fourth-order valence-corrected chi connectivity index (χ4v) is 5.50. The minimum atomic E-state index is 1.18. The molecule has 0 saturated heterocycles. The van der Waals surface area contributed by atoms with Gasteiger partial charge in [-0.05, 0) is 59.1 Å². The van der Waals surface area contributed by atoms with Crippen LogP contribution >= 0.6 is 0 Å². The van der Waals surface area contributed by atoms with E-state index < -0.39 is 0 Å². The molecule has 36 heavy (non-hydrogen) atoms. The predicted molar refractivity (Wildman–Crippen MR) is 161 cm³/mol. The Hall–Kier alpha value is -2.34. The summed E-state index contributed by atoms with van der Waals surface area (Å²) >= 11 is 0. The van der Waals surface area contributed by atoms with Gasteiger partial charge in [0.15, 0.2) is 0 Å². The summed E-state index contributed by atoms with van der Waals surface area (Å²) in [5, 5.41) is 0. The van der Waals surface area contributed by atoms with Crippen LogP contribution in [0, 0.1) is 0 Å². The molecule has 0 atom stereocenters. The van der Waals surface area contributed by atoms with Crippen molar-refractivity contribution in [2.45, 2.75) is 117 Å². The molecule has 0 heteroatoms. The average Bonchev–Trinajstić information content (AvgIpc) is 2.92. The average molecular weight is 483 g/mol. The summed E-state index contributed by atoms with van der Waals surface area (Å²) < 4.78 is 0. The van der Waals surface area contributed by atoms with E-state index in [0.29, 0.717) is 0 Å². The number of aryl methyl sites for hydroxylation is 2. The third-order valence-electron chi connectivity index (χ3n) is 7.64. The van der Waals surface area contributed by atoms with E-state index in [1.54, 1.807) is 0 Å². The molecule has 0 N–H and O–H groups in total. The van der Waals surface area contributed by atoms with Crippen molar-refractivity contribution < 1.29 is 0 Å². The molecule has 0 fully saturated rings. The summed E-state index contributed by atoms with van der Waals surface area (Å²) in [4.78, 5) is 0. The van der Waals surface area contributed by atoms with Gasteiger partial charge < -0.3 is 0 Å². The van der Waals surface area contributed by atoms with Crippen molar-refractivity contribution in [3.63, 3.8) is 0 Å². The van der Waals surface area contributed by atoms with E-state index in [2.05, 4.69) is 86.6 Å². The van der Waals surface area contributed by atoms with Crippen molar-refractivity contribution in [3.05, 3.63) is 83.9 Å². The Morgan fingerprint density at radius 1 is 0.333 bits per heavy atom. The first-order valence-electron chi connectivity index (χ1n) is 15.1. The molecule has 0 aliphatic carbocycles. The van der Waals surface area contributed by atoms with Crippen LogP contribution in [0.5, 0.6) is 0 Å². The second-order valence-electron chi connectivity index (χ2n) is 10.6. The molecule has 3 aromatic rings. The first-order valence-corrected chi connectivity index (χ1v) is 15.1. The van der Waals surface area contributed by atoms with Gasteiger partial charge in [0.25, 0.3) is 0 Å². The van der Waals surface area contributed by atoms with Crippen molar-refractivity contribution in [1.29, 1.82) is 0 Å². The summed E-state index contributed by atoms with van der Waals surface area (Å²) in [6.07, 6.45) is 21.4. The van der Waals surface area contributed by atoms with Crippen LogP contribution in [-0.4, -0.2) is 0 Å². The van der Waals surface area contributed by atoms with E-state index in [0.717, 1.165) is 0 Å². The zero-order chi connectivity index (χ0) is 25.3. The topological polar surface area (TPSA) is 0 Å². The molecule has 0 unspecified atom stereocenters. The molecule has 3 aromatic carbocycles. The maximum atomic E-state index is 2.35. The standard InChI is InChI=1S/C36H50/c1-3-5-7-9-11-13-15-23-31-25-17-19-27-33(31)35-29-21-22-30-36(35)34-28-20-18-26-32(34)24-16-14-12-10-8-6-4-2/h17-22,25-30H,3-16,23-24H2,1-2H3. The highest BCUT2D eigenvalue weighted by atomic mass is 14.2. The Bertz CT molecular complexity index is 902. The highest BCUT2D eigenvalue weighted by molar-refractivity contribution is 5.86. The van der Waals surface area contributed by atoms with Crippen LogP contribution in [0.1, 0.15) is 115 Å². The Morgan fingerprint density at radius 2 is 0.639 bits per heavy atom. The Labute approximate surface area is 222 Å². The molecule has 0 aromatic heterocycles. The van der Waals surface area contributed by atoms with Crippen LogP contribution in [0.25, 0.3) is 22.3 Å². The summed E-state index contributed by atoms with van der Waals surface area (Å²) in [5.74, 6) is 0. The number of benzene rings is 3. The molecular formula is C36H50. The van der Waals surface area contributed by atoms with E-state index in [1.165, 1.54) is 136 Å². The first kappa shape index (κ1) is 28.2. The lowest BCUT2D eigenvalue weighted by Crippen LogP contribution is -1.96. The molecule has 0 bridgehead atoms. The number of rotatable bonds is 18. The van der Waals surface area contributed by atoms with E-state index in [9.17, 15) is 0 Å². The quantitative estimate of drug-likeness (QED) is 0.158. The van der Waals surface area contributed by atoms with Gasteiger partial charge in [0, 0.05) is 0 Å². The summed E-state index contributed by atoms with van der Waals surface area (Å²) in [5.41, 5.74) is 8.63. The van der Waals surface area contributed by atoms with Crippen molar-refractivity contribution in [2.24, 2.45) is 0 Å². The SMILES string of the molecule is CCCCCCCCCc1ccccc1-c1ccccc1-c1ccccc1CCCCCCCCC. The van der Waals surface area contributed by atoms with Gasteiger partial charge in [-0.1, -0.05) is 164 Å². The number of hydrogen-bond donors (Lipinski definition) is 0. The van der Waals surface area contributed by atoms with Gasteiger partial charge in [-0.2, -0.15) is 0 Å². The second-order valence-corrected chi connectivity index (χ2v) is 10.6. The van der Waals surface area contributed by atoms with Crippen LogP contribution in [0.2, 0.25) is 0 Å². The monoisotopic (exact) mass is 482 g/mol. The first-order chi connectivity index (χ1) is 17.8. The molecule has 3 rings (SSSR count).